The van der Waals surface area contributed by atoms with Gasteiger partial charge in [-0.3, -0.25) is 4.79 Å². The van der Waals surface area contributed by atoms with Gasteiger partial charge in [-0.15, -0.1) is 0 Å². The maximum Gasteiger partial charge on any atom is 0.167 e. The van der Waals surface area contributed by atoms with E-state index >= 15 is 0 Å². The van der Waals surface area contributed by atoms with Crippen LogP contribution in [-0.4, -0.2) is 11.9 Å². The first-order chi connectivity index (χ1) is 16.9. The van der Waals surface area contributed by atoms with Gasteiger partial charge in [0.2, 0.25) is 0 Å². The Balaban J connectivity index is 1.48. The molecule has 1 aliphatic rings. The van der Waals surface area contributed by atoms with Crippen LogP contribution >= 0.6 is 0 Å². The Morgan fingerprint density at radius 1 is 0.833 bits per heavy atom. The minimum Gasteiger partial charge on any atom is -0.491 e. The van der Waals surface area contributed by atoms with E-state index in [1.54, 1.807) is 0 Å². The van der Waals surface area contributed by atoms with E-state index < -0.39 is 0 Å². The molecule has 0 saturated heterocycles. The number of carbonyl (C=O) groups is 1. The van der Waals surface area contributed by atoms with Crippen LogP contribution < -0.4 is 4.74 Å². The quantitative estimate of drug-likeness (QED) is 0.249. The number of hydrogen-bond donors (Lipinski definition) is 0. The molecule has 188 valence electrons. The van der Waals surface area contributed by atoms with E-state index in [0.29, 0.717) is 6.42 Å². The number of allylic oxidation sites excluding steroid dienone is 1. The number of carbonyl (C=O) groups excluding carboxylic acids is 1. The SMILES string of the molecule is C/C(=C\c1ccc(C(=O)Cc2ccc(OC(C)C)cc2)cc1)c1ccc2c(c1)C(C)(C)CCC2(C)C. The number of ketones is 1. The predicted molar refractivity (Wildman–Crippen MR) is 152 cm³/mol. The van der Waals surface area contributed by atoms with Crippen LogP contribution in [0.1, 0.15) is 99.5 Å². The average molecular weight is 481 g/mol. The fraction of sp³-hybridized carbons (Fsp3) is 0.382. The second-order valence-electron chi connectivity index (χ2n) is 11.9. The molecule has 36 heavy (non-hydrogen) atoms. The standard InChI is InChI=1S/C34H40O2/c1-23(2)36-29-15-10-26(11-16-29)21-32(35)27-12-8-25(9-13-27)20-24(3)28-14-17-30-31(22-28)34(6,7)19-18-33(30,4)5/h8-17,20,22-23H,18-19,21H2,1-7H3/b24-20+. The summed E-state index contributed by atoms with van der Waals surface area (Å²) < 4.78 is 5.69. The van der Waals surface area contributed by atoms with Gasteiger partial charge < -0.3 is 4.74 Å². The van der Waals surface area contributed by atoms with E-state index in [9.17, 15) is 4.79 Å². The molecule has 4 rings (SSSR count). The third-order valence-corrected chi connectivity index (χ3v) is 7.58. The fourth-order valence-corrected chi connectivity index (χ4v) is 5.18. The summed E-state index contributed by atoms with van der Waals surface area (Å²) in [5, 5.41) is 0. The molecule has 0 atom stereocenters. The Morgan fingerprint density at radius 3 is 2.03 bits per heavy atom. The molecule has 2 nitrogen and oxygen atoms in total. The highest BCUT2D eigenvalue weighted by molar-refractivity contribution is 5.97. The zero-order valence-electron chi connectivity index (χ0n) is 22.9. The number of fused-ring (bicyclic) bond motifs is 1. The lowest BCUT2D eigenvalue weighted by Crippen LogP contribution is -2.33. The molecule has 0 bridgehead atoms. The molecule has 0 saturated carbocycles. The van der Waals surface area contributed by atoms with Gasteiger partial charge in [-0.25, -0.2) is 0 Å². The second-order valence-corrected chi connectivity index (χ2v) is 11.9. The summed E-state index contributed by atoms with van der Waals surface area (Å²) in [6.45, 7) is 15.7. The van der Waals surface area contributed by atoms with Gasteiger partial charge in [0.05, 0.1) is 6.10 Å². The van der Waals surface area contributed by atoms with Crippen molar-refractivity contribution in [3.8, 4) is 5.75 Å². The maximum absolute atomic E-state index is 12.8. The summed E-state index contributed by atoms with van der Waals surface area (Å²) >= 11 is 0. The minimum absolute atomic E-state index is 0.124. The molecule has 1 aliphatic carbocycles. The number of benzene rings is 3. The molecule has 0 unspecified atom stereocenters. The molecule has 2 heteroatoms. The van der Waals surface area contributed by atoms with E-state index in [4.69, 9.17) is 4.74 Å². The van der Waals surface area contributed by atoms with Crippen molar-refractivity contribution in [2.24, 2.45) is 0 Å². The summed E-state index contributed by atoms with van der Waals surface area (Å²) in [5.74, 6) is 0.957. The second kappa shape index (κ2) is 10.1. The van der Waals surface area contributed by atoms with Crippen molar-refractivity contribution in [2.75, 3.05) is 0 Å². The van der Waals surface area contributed by atoms with Crippen molar-refractivity contribution >= 4 is 17.4 Å². The third-order valence-electron chi connectivity index (χ3n) is 7.58. The number of ether oxygens (including phenoxy) is 1. The molecule has 0 N–H and O–H groups in total. The third kappa shape index (κ3) is 5.81. The topological polar surface area (TPSA) is 26.3 Å². The zero-order valence-corrected chi connectivity index (χ0v) is 22.9. The molecule has 3 aromatic carbocycles. The Kier molecular flexibility index (Phi) is 7.27. The summed E-state index contributed by atoms with van der Waals surface area (Å²) in [7, 11) is 0. The summed E-state index contributed by atoms with van der Waals surface area (Å²) in [6, 6.07) is 22.8. The molecule has 0 amide bonds. The molecular weight excluding hydrogens is 440 g/mol. The van der Waals surface area contributed by atoms with Crippen LogP contribution in [0.2, 0.25) is 0 Å². The fourth-order valence-electron chi connectivity index (χ4n) is 5.18. The molecule has 0 radical (unpaired) electrons. The van der Waals surface area contributed by atoms with Gasteiger partial charge in [-0.1, -0.05) is 88.4 Å². The van der Waals surface area contributed by atoms with Gasteiger partial charge in [-0.05, 0) is 90.0 Å². The Bertz CT molecular complexity index is 1260. The van der Waals surface area contributed by atoms with Crippen molar-refractivity contribution in [3.63, 3.8) is 0 Å². The average Bonchev–Trinajstić information content (AvgIpc) is 2.83. The van der Waals surface area contributed by atoms with Gasteiger partial charge in [0.25, 0.3) is 0 Å². The van der Waals surface area contributed by atoms with E-state index in [-0.39, 0.29) is 22.7 Å². The van der Waals surface area contributed by atoms with Crippen molar-refractivity contribution in [1.82, 2.24) is 0 Å². The van der Waals surface area contributed by atoms with E-state index in [2.05, 4.69) is 58.9 Å². The Hall–Kier alpha value is -3.13. The summed E-state index contributed by atoms with van der Waals surface area (Å²) in [5.41, 5.74) is 8.74. The highest BCUT2D eigenvalue weighted by Crippen LogP contribution is 2.46. The lowest BCUT2D eigenvalue weighted by Gasteiger charge is -2.42. The number of rotatable bonds is 7. The smallest absolute Gasteiger partial charge is 0.167 e. The van der Waals surface area contributed by atoms with Crippen molar-refractivity contribution in [3.05, 3.63) is 100 Å². The molecule has 0 heterocycles. The van der Waals surface area contributed by atoms with Crippen LogP contribution in [0.15, 0.2) is 66.7 Å². The maximum atomic E-state index is 12.8. The van der Waals surface area contributed by atoms with Gasteiger partial charge in [0.1, 0.15) is 5.75 Å². The highest BCUT2D eigenvalue weighted by atomic mass is 16.5. The molecule has 3 aromatic rings. The first-order valence-electron chi connectivity index (χ1n) is 13.2. The largest absolute Gasteiger partial charge is 0.491 e. The molecule has 0 fully saturated rings. The van der Waals surface area contributed by atoms with Gasteiger partial charge >= 0.3 is 0 Å². The Morgan fingerprint density at radius 2 is 1.42 bits per heavy atom. The van der Waals surface area contributed by atoms with Crippen molar-refractivity contribution < 1.29 is 9.53 Å². The Labute approximate surface area is 217 Å². The van der Waals surface area contributed by atoms with E-state index in [0.717, 1.165) is 22.4 Å². The van der Waals surface area contributed by atoms with Crippen LogP contribution in [0, 0.1) is 0 Å². The lowest BCUT2D eigenvalue weighted by molar-refractivity contribution is 0.0993. The van der Waals surface area contributed by atoms with Crippen LogP contribution in [0.5, 0.6) is 5.75 Å². The number of hydrogen-bond acceptors (Lipinski definition) is 2. The van der Waals surface area contributed by atoms with Crippen LogP contribution in [0.4, 0.5) is 0 Å². The highest BCUT2D eigenvalue weighted by Gasteiger charge is 2.36. The van der Waals surface area contributed by atoms with Crippen molar-refractivity contribution in [1.29, 1.82) is 0 Å². The summed E-state index contributed by atoms with van der Waals surface area (Å²) in [4.78, 5) is 12.8. The van der Waals surface area contributed by atoms with Gasteiger partial charge in [0.15, 0.2) is 5.78 Å². The van der Waals surface area contributed by atoms with Crippen molar-refractivity contribution in [2.45, 2.75) is 84.7 Å². The normalized spacial score (nSPS) is 16.5. The van der Waals surface area contributed by atoms with Crippen LogP contribution in [0.25, 0.3) is 11.6 Å². The predicted octanol–water partition coefficient (Wildman–Crippen LogP) is 8.81. The minimum atomic E-state index is 0.124. The molecule has 0 spiro atoms. The van der Waals surface area contributed by atoms with Crippen LogP contribution in [-0.2, 0) is 17.3 Å². The van der Waals surface area contributed by atoms with Crippen LogP contribution in [0.3, 0.4) is 0 Å². The molecule has 0 aromatic heterocycles. The zero-order chi connectivity index (χ0) is 26.1. The van der Waals surface area contributed by atoms with Gasteiger partial charge in [0, 0.05) is 12.0 Å². The number of Topliss-reactive ketones (excluding diaryl/α,β-unsaturated/α-hetero) is 1. The molecular formula is C34H40O2. The lowest BCUT2D eigenvalue weighted by atomic mass is 9.63. The van der Waals surface area contributed by atoms with E-state index in [1.165, 1.54) is 35.1 Å². The van der Waals surface area contributed by atoms with Gasteiger partial charge in [-0.2, -0.15) is 0 Å². The van der Waals surface area contributed by atoms with E-state index in [1.807, 2.05) is 62.4 Å². The first-order valence-corrected chi connectivity index (χ1v) is 13.2. The summed E-state index contributed by atoms with van der Waals surface area (Å²) in [6.07, 6.45) is 5.18. The molecule has 0 aliphatic heterocycles. The first kappa shape index (κ1) is 25.9. The monoisotopic (exact) mass is 480 g/mol.